The van der Waals surface area contributed by atoms with E-state index in [-0.39, 0.29) is 0 Å². The van der Waals surface area contributed by atoms with Crippen LogP contribution >= 0.6 is 0 Å². The second-order valence-corrected chi connectivity index (χ2v) is 4.84. The summed E-state index contributed by atoms with van der Waals surface area (Å²) >= 11 is 0. The molecule has 4 heteroatoms. The van der Waals surface area contributed by atoms with Crippen LogP contribution in [-0.2, 0) is 19.0 Å². The molecular formula is C14H19N3O. The molecule has 2 N–H and O–H groups in total. The molecule has 0 amide bonds. The lowest BCUT2D eigenvalue weighted by Gasteiger charge is -2.23. The van der Waals surface area contributed by atoms with Crippen molar-refractivity contribution in [1.82, 2.24) is 9.78 Å². The van der Waals surface area contributed by atoms with Crippen molar-refractivity contribution in [3.63, 3.8) is 0 Å². The lowest BCUT2D eigenvalue weighted by molar-refractivity contribution is 0.414. The molecule has 0 aliphatic heterocycles. The van der Waals surface area contributed by atoms with Crippen molar-refractivity contribution in [3.8, 4) is 5.75 Å². The Balaban J connectivity index is 2.16. The van der Waals surface area contributed by atoms with Gasteiger partial charge in [0.2, 0.25) is 0 Å². The molecule has 1 aromatic heterocycles. The second-order valence-electron chi connectivity index (χ2n) is 4.84. The van der Waals surface area contributed by atoms with Gasteiger partial charge in [0.05, 0.1) is 13.3 Å². The summed E-state index contributed by atoms with van der Waals surface area (Å²) in [5, 5.41) is 4.17. The molecule has 1 aromatic carbocycles. The average molecular weight is 245 g/mol. The number of methoxy groups -OCH3 is 1. The molecule has 0 radical (unpaired) electrons. The van der Waals surface area contributed by atoms with Crippen LogP contribution in [0.1, 0.15) is 18.1 Å². The van der Waals surface area contributed by atoms with Crippen LogP contribution in [0.5, 0.6) is 5.75 Å². The fourth-order valence-electron chi connectivity index (χ4n) is 1.99. The number of hydrogen-bond donors (Lipinski definition) is 1. The van der Waals surface area contributed by atoms with Crippen LogP contribution in [0.4, 0.5) is 0 Å². The molecule has 1 heterocycles. The van der Waals surface area contributed by atoms with Crippen LogP contribution < -0.4 is 10.5 Å². The molecule has 18 heavy (non-hydrogen) atoms. The zero-order valence-corrected chi connectivity index (χ0v) is 11.1. The maximum Gasteiger partial charge on any atom is 0.118 e. The first-order valence-electron chi connectivity index (χ1n) is 5.92. The summed E-state index contributed by atoms with van der Waals surface area (Å²) in [6, 6.07) is 7.99. The summed E-state index contributed by atoms with van der Waals surface area (Å²) in [5.74, 6) is 0.860. The van der Waals surface area contributed by atoms with Crippen molar-refractivity contribution in [1.29, 1.82) is 0 Å². The molecule has 2 aromatic rings. The summed E-state index contributed by atoms with van der Waals surface area (Å²) in [7, 11) is 3.56. The molecule has 0 saturated carbocycles. The Morgan fingerprint density at radius 1 is 1.33 bits per heavy atom. The molecule has 1 unspecified atom stereocenters. The fourth-order valence-corrected chi connectivity index (χ4v) is 1.99. The lowest BCUT2D eigenvalue weighted by atomic mass is 9.88. The second kappa shape index (κ2) is 4.82. The van der Waals surface area contributed by atoms with Crippen molar-refractivity contribution < 1.29 is 4.74 Å². The van der Waals surface area contributed by atoms with Gasteiger partial charge in [-0.3, -0.25) is 4.68 Å². The lowest BCUT2D eigenvalue weighted by Crippen LogP contribution is -2.35. The van der Waals surface area contributed by atoms with Gasteiger partial charge in [-0.2, -0.15) is 5.10 Å². The zero-order chi connectivity index (χ0) is 13.2. The number of nitrogens with zero attached hydrogens (tertiary/aromatic N) is 2. The van der Waals surface area contributed by atoms with Crippen LogP contribution in [0.2, 0.25) is 0 Å². The van der Waals surface area contributed by atoms with E-state index in [1.165, 1.54) is 5.56 Å². The quantitative estimate of drug-likeness (QED) is 0.894. The Bertz CT molecular complexity index is 514. The molecule has 4 nitrogen and oxygen atoms in total. The highest BCUT2D eigenvalue weighted by Gasteiger charge is 2.23. The SMILES string of the molecule is COc1ccc(CC(C)(N)c2cnn(C)c2)cc1. The van der Waals surface area contributed by atoms with E-state index < -0.39 is 5.54 Å². The minimum Gasteiger partial charge on any atom is -0.497 e. The minimum absolute atomic E-state index is 0.414. The monoisotopic (exact) mass is 245 g/mol. The van der Waals surface area contributed by atoms with Crippen molar-refractivity contribution >= 4 is 0 Å². The molecule has 0 aliphatic carbocycles. The number of hydrogen-bond acceptors (Lipinski definition) is 3. The third kappa shape index (κ3) is 2.71. The number of ether oxygens (including phenoxy) is 1. The highest BCUT2D eigenvalue weighted by atomic mass is 16.5. The maximum absolute atomic E-state index is 6.37. The Morgan fingerprint density at radius 3 is 2.50 bits per heavy atom. The van der Waals surface area contributed by atoms with E-state index in [1.807, 2.05) is 50.6 Å². The number of benzene rings is 1. The first-order valence-corrected chi connectivity index (χ1v) is 5.92. The van der Waals surface area contributed by atoms with Gasteiger partial charge in [0.25, 0.3) is 0 Å². The molecule has 0 saturated heterocycles. The molecule has 0 bridgehead atoms. The van der Waals surface area contributed by atoms with Gasteiger partial charge in [-0.1, -0.05) is 12.1 Å². The summed E-state index contributed by atoms with van der Waals surface area (Å²) in [5.41, 5.74) is 8.18. The van der Waals surface area contributed by atoms with Crippen molar-refractivity contribution in [2.75, 3.05) is 7.11 Å². The normalized spacial score (nSPS) is 14.2. The highest BCUT2D eigenvalue weighted by molar-refractivity contribution is 5.30. The highest BCUT2D eigenvalue weighted by Crippen LogP contribution is 2.23. The third-order valence-corrected chi connectivity index (χ3v) is 3.09. The Kier molecular flexibility index (Phi) is 3.39. The maximum atomic E-state index is 6.37. The predicted octanol–water partition coefficient (Wildman–Crippen LogP) is 1.85. The number of aromatic nitrogens is 2. The van der Waals surface area contributed by atoms with E-state index in [9.17, 15) is 0 Å². The fraction of sp³-hybridized carbons (Fsp3) is 0.357. The van der Waals surface area contributed by atoms with Gasteiger partial charge in [-0.25, -0.2) is 0 Å². The number of nitrogens with two attached hydrogens (primary N) is 1. The first kappa shape index (κ1) is 12.6. The number of rotatable bonds is 4. The van der Waals surface area contributed by atoms with E-state index in [0.717, 1.165) is 17.7 Å². The molecule has 0 fully saturated rings. The minimum atomic E-state index is -0.414. The van der Waals surface area contributed by atoms with E-state index in [2.05, 4.69) is 5.10 Å². The summed E-state index contributed by atoms with van der Waals surface area (Å²) in [6.45, 7) is 2.02. The standard InChI is InChI=1S/C14H19N3O/c1-14(15,12-9-16-17(2)10-12)8-11-4-6-13(18-3)7-5-11/h4-7,9-10H,8,15H2,1-3H3. The largest absolute Gasteiger partial charge is 0.497 e. The molecular weight excluding hydrogens is 226 g/mol. The molecule has 96 valence electrons. The van der Waals surface area contributed by atoms with Crippen LogP contribution in [-0.4, -0.2) is 16.9 Å². The van der Waals surface area contributed by atoms with Crippen LogP contribution in [0, 0.1) is 0 Å². The third-order valence-electron chi connectivity index (χ3n) is 3.09. The van der Waals surface area contributed by atoms with E-state index in [1.54, 1.807) is 11.8 Å². The van der Waals surface area contributed by atoms with Gasteiger partial charge in [-0.05, 0) is 31.0 Å². The van der Waals surface area contributed by atoms with Crippen LogP contribution in [0.25, 0.3) is 0 Å². The van der Waals surface area contributed by atoms with Crippen molar-refractivity contribution in [2.24, 2.45) is 12.8 Å². The summed E-state index contributed by atoms with van der Waals surface area (Å²) in [6.07, 6.45) is 4.55. The Hall–Kier alpha value is -1.81. The molecule has 0 spiro atoms. The summed E-state index contributed by atoms with van der Waals surface area (Å²) < 4.78 is 6.91. The average Bonchev–Trinajstić information content (AvgIpc) is 2.77. The van der Waals surface area contributed by atoms with Crippen molar-refractivity contribution in [3.05, 3.63) is 47.8 Å². The molecule has 1 atom stereocenters. The predicted molar refractivity (Wildman–Crippen MR) is 71.4 cm³/mol. The summed E-state index contributed by atoms with van der Waals surface area (Å²) in [4.78, 5) is 0. The van der Waals surface area contributed by atoms with Gasteiger partial charge in [0.1, 0.15) is 5.75 Å². The molecule has 0 aliphatic rings. The van der Waals surface area contributed by atoms with Gasteiger partial charge in [0.15, 0.2) is 0 Å². The van der Waals surface area contributed by atoms with Gasteiger partial charge in [0, 0.05) is 24.3 Å². The topological polar surface area (TPSA) is 53.1 Å². The van der Waals surface area contributed by atoms with E-state index >= 15 is 0 Å². The van der Waals surface area contributed by atoms with Gasteiger partial charge >= 0.3 is 0 Å². The number of aryl methyl sites for hydroxylation is 1. The Morgan fingerprint density at radius 2 is 2.00 bits per heavy atom. The van der Waals surface area contributed by atoms with Gasteiger partial charge < -0.3 is 10.5 Å². The van der Waals surface area contributed by atoms with Crippen molar-refractivity contribution in [2.45, 2.75) is 18.9 Å². The van der Waals surface area contributed by atoms with Crippen LogP contribution in [0.3, 0.4) is 0 Å². The first-order chi connectivity index (χ1) is 8.51. The smallest absolute Gasteiger partial charge is 0.118 e. The molecule has 2 rings (SSSR count). The van der Waals surface area contributed by atoms with E-state index in [4.69, 9.17) is 10.5 Å². The van der Waals surface area contributed by atoms with E-state index in [0.29, 0.717) is 0 Å². The van der Waals surface area contributed by atoms with Gasteiger partial charge in [-0.15, -0.1) is 0 Å². The van der Waals surface area contributed by atoms with Crippen LogP contribution in [0.15, 0.2) is 36.7 Å². The Labute approximate surface area is 107 Å². The zero-order valence-electron chi connectivity index (χ0n) is 11.1.